The van der Waals surface area contributed by atoms with Crippen LogP contribution in [0, 0.1) is 6.92 Å². The molecule has 1 aliphatic heterocycles. The Balaban J connectivity index is 1.57. The summed E-state index contributed by atoms with van der Waals surface area (Å²) in [5, 5.41) is 3.16. The van der Waals surface area contributed by atoms with Crippen LogP contribution in [0.3, 0.4) is 0 Å². The lowest BCUT2D eigenvalue weighted by Crippen LogP contribution is -2.52. The first-order valence-electron chi connectivity index (χ1n) is 8.82. The molecule has 132 valence electrons. The first kappa shape index (κ1) is 17.2. The first-order valence-corrected chi connectivity index (χ1v) is 8.82. The molecule has 1 fully saturated rings. The monoisotopic (exact) mass is 339 g/mol. The molecule has 6 nitrogen and oxygen atoms in total. The van der Waals surface area contributed by atoms with E-state index in [0.717, 1.165) is 36.6 Å². The third-order valence-corrected chi connectivity index (χ3v) is 4.63. The van der Waals surface area contributed by atoms with Crippen molar-refractivity contribution in [1.29, 1.82) is 0 Å². The zero-order valence-electron chi connectivity index (χ0n) is 14.9. The van der Waals surface area contributed by atoms with E-state index in [2.05, 4.69) is 39.2 Å². The van der Waals surface area contributed by atoms with Crippen LogP contribution in [-0.2, 0) is 0 Å². The van der Waals surface area contributed by atoms with Crippen LogP contribution in [0.5, 0.6) is 0 Å². The normalized spacial score (nSPS) is 15.8. The molecule has 25 heavy (non-hydrogen) atoms. The van der Waals surface area contributed by atoms with E-state index >= 15 is 0 Å². The molecule has 0 aliphatic carbocycles. The number of carbonyl (C=O) groups excluding carboxylic acids is 1. The summed E-state index contributed by atoms with van der Waals surface area (Å²) >= 11 is 0. The van der Waals surface area contributed by atoms with Crippen molar-refractivity contribution in [1.82, 2.24) is 20.2 Å². The van der Waals surface area contributed by atoms with Crippen LogP contribution < -0.4 is 10.2 Å². The Kier molecular flexibility index (Phi) is 5.48. The van der Waals surface area contributed by atoms with Crippen LogP contribution in [0.25, 0.3) is 0 Å². The van der Waals surface area contributed by atoms with E-state index < -0.39 is 0 Å². The minimum absolute atomic E-state index is 0.00576. The summed E-state index contributed by atoms with van der Waals surface area (Å²) in [6.07, 6.45) is 4.29. The number of carbonyl (C=O) groups is 1. The first-order chi connectivity index (χ1) is 12.2. The Labute approximate surface area is 148 Å². The van der Waals surface area contributed by atoms with Gasteiger partial charge in [0.2, 0.25) is 0 Å². The van der Waals surface area contributed by atoms with E-state index in [9.17, 15) is 4.79 Å². The summed E-state index contributed by atoms with van der Waals surface area (Å²) in [5.74, 6) is 0.915. The second-order valence-electron chi connectivity index (χ2n) is 6.26. The number of rotatable bonds is 4. The number of aromatic nitrogens is 2. The van der Waals surface area contributed by atoms with Gasteiger partial charge in [0.25, 0.3) is 0 Å². The Hall–Kier alpha value is -2.63. The molecule has 2 heterocycles. The molecule has 2 amide bonds. The number of anilines is 1. The number of aryl methyl sites for hydroxylation is 1. The number of hydrogen-bond donors (Lipinski definition) is 1. The predicted octanol–water partition coefficient (Wildman–Crippen LogP) is 2.77. The van der Waals surface area contributed by atoms with Crippen LogP contribution >= 0.6 is 0 Å². The van der Waals surface area contributed by atoms with Gasteiger partial charge in [-0.3, -0.25) is 4.98 Å². The molecule has 0 radical (unpaired) electrons. The maximum absolute atomic E-state index is 12.6. The molecule has 6 heteroatoms. The van der Waals surface area contributed by atoms with Crippen molar-refractivity contribution in [2.24, 2.45) is 0 Å². The van der Waals surface area contributed by atoms with Crippen molar-refractivity contribution in [2.45, 2.75) is 26.3 Å². The maximum Gasteiger partial charge on any atom is 0.318 e. The lowest BCUT2D eigenvalue weighted by molar-refractivity contribution is 0.190. The fourth-order valence-corrected chi connectivity index (χ4v) is 3.18. The molecule has 0 saturated carbocycles. The van der Waals surface area contributed by atoms with E-state index in [0.29, 0.717) is 13.1 Å². The Bertz CT molecular complexity index is 698. The second kappa shape index (κ2) is 7.96. The quantitative estimate of drug-likeness (QED) is 0.930. The number of hydrogen-bond acceptors (Lipinski definition) is 4. The number of piperazine rings is 1. The topological polar surface area (TPSA) is 61.4 Å². The van der Waals surface area contributed by atoms with E-state index in [-0.39, 0.29) is 12.1 Å². The molecule has 1 aromatic carbocycles. The van der Waals surface area contributed by atoms with E-state index in [1.165, 1.54) is 0 Å². The average Bonchev–Trinajstić information content (AvgIpc) is 2.67. The third kappa shape index (κ3) is 4.07. The van der Waals surface area contributed by atoms with Crippen molar-refractivity contribution in [3.8, 4) is 0 Å². The van der Waals surface area contributed by atoms with Crippen molar-refractivity contribution in [3.05, 3.63) is 54.0 Å². The highest BCUT2D eigenvalue weighted by Gasteiger charge is 2.24. The number of amides is 2. The van der Waals surface area contributed by atoms with E-state index in [4.69, 9.17) is 0 Å². The van der Waals surface area contributed by atoms with Crippen molar-refractivity contribution < 1.29 is 4.79 Å². The molecular weight excluding hydrogens is 314 g/mol. The van der Waals surface area contributed by atoms with Crippen LogP contribution in [0.15, 0.2) is 42.7 Å². The van der Waals surface area contributed by atoms with E-state index in [1.54, 1.807) is 12.4 Å². The van der Waals surface area contributed by atoms with Gasteiger partial charge in [-0.1, -0.05) is 37.3 Å². The van der Waals surface area contributed by atoms with Crippen molar-refractivity contribution >= 4 is 11.8 Å². The summed E-state index contributed by atoms with van der Waals surface area (Å²) in [6, 6.07) is 10.2. The van der Waals surface area contributed by atoms with Gasteiger partial charge in [0.05, 0.1) is 11.7 Å². The number of nitrogens with zero attached hydrogens (tertiary/aromatic N) is 4. The molecule has 0 bridgehead atoms. The Morgan fingerprint density at radius 3 is 2.44 bits per heavy atom. The summed E-state index contributed by atoms with van der Waals surface area (Å²) in [7, 11) is 0. The average molecular weight is 339 g/mol. The summed E-state index contributed by atoms with van der Waals surface area (Å²) < 4.78 is 0. The van der Waals surface area contributed by atoms with E-state index in [1.807, 2.05) is 30.0 Å². The highest BCUT2D eigenvalue weighted by Crippen LogP contribution is 2.18. The van der Waals surface area contributed by atoms with Gasteiger partial charge in [-0.2, -0.15) is 0 Å². The van der Waals surface area contributed by atoms with Gasteiger partial charge in [-0.15, -0.1) is 0 Å². The van der Waals surface area contributed by atoms with Gasteiger partial charge in [0.1, 0.15) is 5.82 Å². The van der Waals surface area contributed by atoms with Crippen molar-refractivity contribution in [3.63, 3.8) is 0 Å². The fourth-order valence-electron chi connectivity index (χ4n) is 3.18. The lowest BCUT2D eigenvalue weighted by Gasteiger charge is -2.36. The number of benzene rings is 1. The van der Waals surface area contributed by atoms with Crippen molar-refractivity contribution in [2.75, 3.05) is 31.1 Å². The molecule has 1 N–H and O–H groups in total. The second-order valence-corrected chi connectivity index (χ2v) is 6.26. The van der Waals surface area contributed by atoms with Gasteiger partial charge in [-0.25, -0.2) is 9.78 Å². The van der Waals surface area contributed by atoms with Crippen LogP contribution in [0.4, 0.5) is 10.6 Å². The summed E-state index contributed by atoms with van der Waals surface area (Å²) in [5.41, 5.74) is 2.07. The summed E-state index contributed by atoms with van der Waals surface area (Å²) in [4.78, 5) is 25.4. The zero-order valence-corrected chi connectivity index (χ0v) is 14.9. The Morgan fingerprint density at radius 1 is 1.12 bits per heavy atom. The molecule has 1 aromatic heterocycles. The number of nitrogens with one attached hydrogen (secondary N) is 1. The highest BCUT2D eigenvalue weighted by atomic mass is 16.2. The van der Waals surface area contributed by atoms with Crippen LogP contribution in [0.1, 0.15) is 30.6 Å². The number of urea groups is 1. The molecule has 0 spiro atoms. The standard InChI is InChI=1S/C19H25N5O/c1-3-17(16-7-5-4-6-8-16)22-19(25)24-13-11-23(12-14-24)18-15(2)20-9-10-21-18/h4-10,17H,3,11-14H2,1-2H3,(H,22,25)/t17-/m1/s1. The lowest BCUT2D eigenvalue weighted by atomic mass is 10.1. The smallest absolute Gasteiger partial charge is 0.318 e. The van der Waals surface area contributed by atoms with Gasteiger partial charge in [0.15, 0.2) is 0 Å². The van der Waals surface area contributed by atoms with Gasteiger partial charge in [-0.05, 0) is 18.9 Å². The van der Waals surface area contributed by atoms with Gasteiger partial charge < -0.3 is 15.1 Å². The molecule has 1 atom stereocenters. The third-order valence-electron chi connectivity index (χ3n) is 4.63. The predicted molar refractivity (Wildman–Crippen MR) is 98.6 cm³/mol. The zero-order chi connectivity index (χ0) is 17.6. The molecule has 1 aliphatic rings. The van der Waals surface area contributed by atoms with Crippen LogP contribution in [0.2, 0.25) is 0 Å². The Morgan fingerprint density at radius 2 is 1.80 bits per heavy atom. The molecule has 3 rings (SSSR count). The fraction of sp³-hybridized carbons (Fsp3) is 0.421. The van der Waals surface area contributed by atoms with Gasteiger partial charge >= 0.3 is 6.03 Å². The maximum atomic E-state index is 12.6. The molecule has 1 saturated heterocycles. The minimum Gasteiger partial charge on any atom is -0.352 e. The molecular formula is C19H25N5O. The SMILES string of the molecule is CC[C@@H](NC(=O)N1CCN(c2nccnc2C)CC1)c1ccccc1. The highest BCUT2D eigenvalue weighted by molar-refractivity contribution is 5.75. The van der Waals surface area contributed by atoms with Gasteiger partial charge in [0, 0.05) is 38.6 Å². The molecule has 2 aromatic rings. The largest absolute Gasteiger partial charge is 0.352 e. The minimum atomic E-state index is 0.00576. The summed E-state index contributed by atoms with van der Waals surface area (Å²) in [6.45, 7) is 6.98. The van der Waals surface area contributed by atoms with Crippen LogP contribution in [-0.4, -0.2) is 47.1 Å². The molecule has 0 unspecified atom stereocenters.